The van der Waals surface area contributed by atoms with E-state index in [9.17, 15) is 4.79 Å². The number of carbonyl (C=O) groups is 1. The van der Waals surface area contributed by atoms with E-state index in [1.165, 1.54) is 0 Å². The molecule has 10 heavy (non-hydrogen) atoms. The van der Waals surface area contributed by atoms with Gasteiger partial charge in [-0.25, -0.2) is 0 Å². The molecule has 1 aromatic rings. The van der Waals surface area contributed by atoms with E-state index in [-0.39, 0.29) is 11.8 Å². The van der Waals surface area contributed by atoms with Gasteiger partial charge >= 0.3 is 5.97 Å². The van der Waals surface area contributed by atoms with Gasteiger partial charge in [-0.1, -0.05) is 12.0 Å². The fourth-order valence-corrected chi connectivity index (χ4v) is 0.389. The molecule has 0 aliphatic carbocycles. The molecule has 0 amide bonds. The Kier molecular flexibility index (Phi) is 1.99. The number of esters is 1. The quantitative estimate of drug-likeness (QED) is 0.558. The van der Waals surface area contributed by atoms with E-state index in [0.29, 0.717) is 6.42 Å². The predicted octanol–water partition coefficient (Wildman–Crippen LogP) is 0.385. The van der Waals surface area contributed by atoms with Gasteiger partial charge < -0.3 is 9.26 Å². The maximum absolute atomic E-state index is 10.5. The number of carbonyl (C=O) groups excluding carboxylic acids is 1. The van der Waals surface area contributed by atoms with Gasteiger partial charge in [0.05, 0.1) is 0 Å². The van der Waals surface area contributed by atoms with Crippen LogP contribution in [0.1, 0.15) is 13.3 Å². The Labute approximate surface area is 57.0 Å². The zero-order valence-electron chi connectivity index (χ0n) is 5.40. The van der Waals surface area contributed by atoms with Crippen LogP contribution in [-0.2, 0) is 4.79 Å². The van der Waals surface area contributed by atoms with E-state index in [2.05, 4.69) is 19.6 Å². The maximum Gasteiger partial charge on any atom is 0.312 e. The fourth-order valence-electron chi connectivity index (χ4n) is 0.389. The number of aromatic nitrogens is 2. The first-order valence-corrected chi connectivity index (χ1v) is 2.80. The van der Waals surface area contributed by atoms with E-state index < -0.39 is 0 Å². The fraction of sp³-hybridized carbons (Fsp3) is 0.400. The molecular formula is C5H6N2O3. The number of rotatable bonds is 2. The second kappa shape index (κ2) is 2.95. The van der Waals surface area contributed by atoms with Crippen LogP contribution in [-0.4, -0.2) is 16.3 Å². The van der Waals surface area contributed by atoms with Crippen molar-refractivity contribution in [1.29, 1.82) is 0 Å². The molecule has 0 atom stereocenters. The third-order valence-electron chi connectivity index (χ3n) is 0.847. The molecule has 0 aliphatic heterocycles. The molecule has 0 saturated carbocycles. The summed E-state index contributed by atoms with van der Waals surface area (Å²) in [6.45, 7) is 1.69. The summed E-state index contributed by atoms with van der Waals surface area (Å²) in [4.78, 5) is 10.5. The SMILES string of the molecule is CCC(=O)Oc1conn1. The Morgan fingerprint density at radius 1 is 1.90 bits per heavy atom. The summed E-state index contributed by atoms with van der Waals surface area (Å²) in [6, 6.07) is 0. The summed E-state index contributed by atoms with van der Waals surface area (Å²) in [5, 5.41) is 6.45. The van der Waals surface area contributed by atoms with Crippen molar-refractivity contribution < 1.29 is 14.1 Å². The number of hydrogen-bond donors (Lipinski definition) is 0. The minimum atomic E-state index is -0.351. The van der Waals surface area contributed by atoms with Crippen molar-refractivity contribution in [3.8, 4) is 5.88 Å². The summed E-state index contributed by atoms with van der Waals surface area (Å²) in [5.41, 5.74) is 0. The molecule has 0 saturated heterocycles. The minimum absolute atomic E-state index is 0.104. The van der Waals surface area contributed by atoms with Crippen LogP contribution in [0.25, 0.3) is 0 Å². The van der Waals surface area contributed by atoms with Crippen molar-refractivity contribution in [2.45, 2.75) is 13.3 Å². The summed E-state index contributed by atoms with van der Waals surface area (Å²) in [5.74, 6) is -0.248. The standard InChI is InChI=1S/C5H6N2O3/c1-2-5(8)10-4-3-9-7-6-4/h3H,2H2,1H3. The Balaban J connectivity index is 2.48. The second-order valence-electron chi connectivity index (χ2n) is 1.57. The third-order valence-corrected chi connectivity index (χ3v) is 0.847. The van der Waals surface area contributed by atoms with E-state index in [1.807, 2.05) is 0 Å². The number of nitrogens with zero attached hydrogens (tertiary/aromatic N) is 2. The normalized spacial score (nSPS) is 9.30. The highest BCUT2D eigenvalue weighted by molar-refractivity contribution is 5.71. The summed E-state index contributed by atoms with van der Waals surface area (Å²) >= 11 is 0. The molecule has 1 rings (SSSR count). The van der Waals surface area contributed by atoms with Gasteiger partial charge in [-0.05, 0) is 0 Å². The van der Waals surface area contributed by atoms with Crippen LogP contribution in [0.2, 0.25) is 0 Å². The van der Waals surface area contributed by atoms with Crippen LogP contribution in [0.3, 0.4) is 0 Å². The topological polar surface area (TPSA) is 65.2 Å². The van der Waals surface area contributed by atoms with Crippen molar-refractivity contribution in [1.82, 2.24) is 10.4 Å². The third kappa shape index (κ3) is 1.54. The van der Waals surface area contributed by atoms with Crippen LogP contribution in [0.5, 0.6) is 5.88 Å². The highest BCUT2D eigenvalue weighted by Gasteiger charge is 2.03. The lowest BCUT2D eigenvalue weighted by atomic mass is 10.5. The lowest BCUT2D eigenvalue weighted by Crippen LogP contribution is -2.05. The average molecular weight is 142 g/mol. The van der Waals surface area contributed by atoms with Crippen molar-refractivity contribution in [2.75, 3.05) is 0 Å². The van der Waals surface area contributed by atoms with Crippen molar-refractivity contribution in [3.63, 3.8) is 0 Å². The Morgan fingerprint density at radius 3 is 3.20 bits per heavy atom. The molecule has 0 unspecified atom stereocenters. The lowest BCUT2D eigenvalue weighted by molar-refractivity contribution is -0.134. The second-order valence-corrected chi connectivity index (χ2v) is 1.57. The van der Waals surface area contributed by atoms with Crippen molar-refractivity contribution >= 4 is 5.97 Å². The highest BCUT2D eigenvalue weighted by Crippen LogP contribution is 2.02. The molecule has 0 bridgehead atoms. The van der Waals surface area contributed by atoms with Gasteiger partial charge in [0.25, 0.3) is 5.88 Å². The molecule has 0 radical (unpaired) electrons. The monoisotopic (exact) mass is 142 g/mol. The molecule has 0 aliphatic rings. The van der Waals surface area contributed by atoms with Gasteiger partial charge in [-0.15, -0.1) is 0 Å². The van der Waals surface area contributed by atoms with Crippen LogP contribution in [0.4, 0.5) is 0 Å². The molecular weight excluding hydrogens is 136 g/mol. The van der Waals surface area contributed by atoms with Gasteiger partial charge in [-0.2, -0.15) is 0 Å². The van der Waals surface area contributed by atoms with Crippen LogP contribution >= 0.6 is 0 Å². The molecule has 54 valence electrons. The summed E-state index contributed by atoms with van der Waals surface area (Å²) in [6.07, 6.45) is 1.47. The molecule has 0 spiro atoms. The first-order chi connectivity index (χ1) is 4.83. The first kappa shape index (κ1) is 6.73. The number of hydrogen-bond acceptors (Lipinski definition) is 5. The maximum atomic E-state index is 10.5. The van der Waals surface area contributed by atoms with Gasteiger partial charge in [0.1, 0.15) is 0 Å². The molecule has 0 aromatic carbocycles. The Hall–Kier alpha value is -1.39. The van der Waals surface area contributed by atoms with E-state index in [1.54, 1.807) is 6.92 Å². The average Bonchev–Trinajstić information content (AvgIpc) is 2.40. The largest absolute Gasteiger partial charge is 0.402 e. The molecule has 5 nitrogen and oxygen atoms in total. The van der Waals surface area contributed by atoms with Gasteiger partial charge in [0.2, 0.25) is 0 Å². The zero-order valence-corrected chi connectivity index (χ0v) is 5.40. The molecule has 0 N–H and O–H groups in total. The van der Waals surface area contributed by atoms with Crippen LogP contribution in [0.15, 0.2) is 10.8 Å². The summed E-state index contributed by atoms with van der Waals surface area (Å²) < 4.78 is 8.92. The van der Waals surface area contributed by atoms with E-state index >= 15 is 0 Å². The van der Waals surface area contributed by atoms with E-state index in [0.717, 1.165) is 6.26 Å². The summed E-state index contributed by atoms with van der Waals surface area (Å²) in [7, 11) is 0. The van der Waals surface area contributed by atoms with Crippen LogP contribution < -0.4 is 4.74 Å². The first-order valence-electron chi connectivity index (χ1n) is 2.80. The van der Waals surface area contributed by atoms with E-state index in [4.69, 9.17) is 0 Å². The van der Waals surface area contributed by atoms with Gasteiger partial charge in [0, 0.05) is 11.7 Å². The van der Waals surface area contributed by atoms with Crippen molar-refractivity contribution in [3.05, 3.63) is 6.26 Å². The zero-order chi connectivity index (χ0) is 7.40. The molecule has 5 heteroatoms. The number of ether oxygens (including phenoxy) is 1. The minimum Gasteiger partial charge on any atom is -0.402 e. The van der Waals surface area contributed by atoms with Crippen molar-refractivity contribution in [2.24, 2.45) is 0 Å². The lowest BCUT2D eigenvalue weighted by Gasteiger charge is -1.92. The van der Waals surface area contributed by atoms with Gasteiger partial charge in [0.15, 0.2) is 6.26 Å². The molecule has 1 heterocycles. The Bertz CT molecular complexity index is 207. The highest BCUT2D eigenvalue weighted by atomic mass is 16.6. The Morgan fingerprint density at radius 2 is 2.70 bits per heavy atom. The van der Waals surface area contributed by atoms with Gasteiger partial charge in [-0.3, -0.25) is 4.79 Å². The smallest absolute Gasteiger partial charge is 0.312 e. The predicted molar refractivity (Wildman–Crippen MR) is 30.2 cm³/mol. The molecule has 1 aromatic heterocycles. The molecule has 0 fully saturated rings. The van der Waals surface area contributed by atoms with Crippen LogP contribution in [0, 0.1) is 0 Å².